The normalized spacial score (nSPS) is 11.9. The summed E-state index contributed by atoms with van der Waals surface area (Å²) in [6.45, 7) is 10.0. The van der Waals surface area contributed by atoms with Gasteiger partial charge in [0.15, 0.2) is 0 Å². The second kappa shape index (κ2) is 5.60. The molecule has 0 atom stereocenters. The third-order valence-corrected chi connectivity index (χ3v) is 5.29. The smallest absolute Gasteiger partial charge is 0.249 e. The fourth-order valence-corrected chi connectivity index (χ4v) is 4.24. The summed E-state index contributed by atoms with van der Waals surface area (Å²) in [5.41, 5.74) is 2.52. The van der Waals surface area contributed by atoms with E-state index in [0.29, 0.717) is 23.7 Å². The first-order valence-electron chi connectivity index (χ1n) is 7.07. The van der Waals surface area contributed by atoms with Crippen LogP contribution >= 0.6 is 0 Å². The molecule has 2 rings (SSSR count). The van der Waals surface area contributed by atoms with Crippen LogP contribution in [0.25, 0.3) is 0 Å². The van der Waals surface area contributed by atoms with Gasteiger partial charge in [0.2, 0.25) is 9.84 Å². The summed E-state index contributed by atoms with van der Waals surface area (Å²) in [6, 6.07) is 3.74. The van der Waals surface area contributed by atoms with Crippen LogP contribution in [-0.4, -0.2) is 23.2 Å². The largest absolute Gasteiger partial charge is 0.271 e. The van der Waals surface area contributed by atoms with Crippen molar-refractivity contribution in [1.29, 1.82) is 0 Å². The van der Waals surface area contributed by atoms with Gasteiger partial charge in [0.25, 0.3) is 5.16 Å². The first-order valence-corrected chi connectivity index (χ1v) is 8.56. The van der Waals surface area contributed by atoms with Crippen molar-refractivity contribution in [3.8, 4) is 0 Å². The highest BCUT2D eigenvalue weighted by Crippen LogP contribution is 2.26. The van der Waals surface area contributed by atoms with Gasteiger partial charge in [-0.05, 0) is 38.8 Å². The van der Waals surface area contributed by atoms with E-state index in [-0.39, 0.29) is 5.16 Å². The van der Waals surface area contributed by atoms with Gasteiger partial charge in [0.05, 0.1) is 4.90 Å². The van der Waals surface area contributed by atoms with Gasteiger partial charge in [0.1, 0.15) is 5.82 Å². The van der Waals surface area contributed by atoms with Crippen molar-refractivity contribution in [2.45, 2.75) is 57.6 Å². The number of aryl methyl sites for hydroxylation is 5. The molecule has 0 aliphatic rings. The van der Waals surface area contributed by atoms with E-state index >= 15 is 0 Å². The Bertz CT molecular complexity index is 732. The third kappa shape index (κ3) is 2.72. The first kappa shape index (κ1) is 15.7. The lowest BCUT2D eigenvalue weighted by Crippen LogP contribution is -2.09. The molecule has 0 fully saturated rings. The summed E-state index contributed by atoms with van der Waals surface area (Å²) >= 11 is 0. The van der Waals surface area contributed by atoms with Gasteiger partial charge in [-0.25, -0.2) is 18.1 Å². The Morgan fingerprint density at radius 1 is 1.10 bits per heavy atom. The number of rotatable bonds is 4. The molecule has 0 N–H and O–H groups in total. The number of hydrogen-bond donors (Lipinski definition) is 0. The highest BCUT2D eigenvalue weighted by molar-refractivity contribution is 7.91. The Morgan fingerprint density at radius 2 is 1.67 bits per heavy atom. The predicted octanol–water partition coefficient (Wildman–Crippen LogP) is 2.62. The molecular weight excluding hydrogens is 286 g/mol. The molecule has 0 bridgehead atoms. The Balaban J connectivity index is 2.65. The molecule has 2 aromatic rings. The van der Waals surface area contributed by atoms with Crippen molar-refractivity contribution in [3.05, 3.63) is 34.6 Å². The van der Waals surface area contributed by atoms with Crippen molar-refractivity contribution in [1.82, 2.24) is 14.8 Å². The third-order valence-electron chi connectivity index (χ3n) is 3.46. The van der Waals surface area contributed by atoms with Crippen molar-refractivity contribution in [2.75, 3.05) is 0 Å². The second-order valence-corrected chi connectivity index (χ2v) is 6.99. The van der Waals surface area contributed by atoms with E-state index < -0.39 is 9.84 Å². The lowest BCUT2D eigenvalue weighted by atomic mass is 10.1. The number of nitrogens with zero attached hydrogens (tertiary/aromatic N) is 3. The minimum atomic E-state index is -3.68. The highest BCUT2D eigenvalue weighted by Gasteiger charge is 2.27. The molecule has 0 amide bonds. The minimum absolute atomic E-state index is 0.101. The molecule has 0 unspecified atom stereocenters. The molecule has 114 valence electrons. The summed E-state index contributed by atoms with van der Waals surface area (Å²) in [7, 11) is -3.68. The molecule has 21 heavy (non-hydrogen) atoms. The van der Waals surface area contributed by atoms with Gasteiger partial charge in [-0.2, -0.15) is 0 Å². The lowest BCUT2D eigenvalue weighted by molar-refractivity contribution is 0.574. The van der Waals surface area contributed by atoms with Crippen molar-refractivity contribution in [3.63, 3.8) is 0 Å². The second-order valence-electron chi connectivity index (χ2n) is 5.21. The topological polar surface area (TPSA) is 64.8 Å². The van der Waals surface area contributed by atoms with E-state index in [1.165, 1.54) is 0 Å². The van der Waals surface area contributed by atoms with Crippen molar-refractivity contribution in [2.24, 2.45) is 0 Å². The van der Waals surface area contributed by atoms with Crippen LogP contribution in [0.1, 0.15) is 36.4 Å². The number of sulfone groups is 1. The van der Waals surface area contributed by atoms with Gasteiger partial charge in [-0.1, -0.05) is 24.6 Å². The average Bonchev–Trinajstić information content (AvgIpc) is 2.80. The molecule has 0 saturated heterocycles. The van der Waals surface area contributed by atoms with Gasteiger partial charge in [-0.3, -0.25) is 0 Å². The van der Waals surface area contributed by atoms with Crippen LogP contribution in [0.5, 0.6) is 0 Å². The van der Waals surface area contributed by atoms with Gasteiger partial charge >= 0.3 is 0 Å². The summed E-state index contributed by atoms with van der Waals surface area (Å²) in [5.74, 6) is 0.693. The van der Waals surface area contributed by atoms with Crippen LogP contribution in [-0.2, 0) is 22.8 Å². The first-order chi connectivity index (χ1) is 9.81. The molecule has 5 nitrogen and oxygen atoms in total. The van der Waals surface area contributed by atoms with Gasteiger partial charge in [0, 0.05) is 13.0 Å². The highest BCUT2D eigenvalue weighted by atomic mass is 32.2. The van der Waals surface area contributed by atoms with Crippen LogP contribution in [0, 0.1) is 20.8 Å². The fraction of sp³-hybridized carbons (Fsp3) is 0.467. The zero-order valence-electron chi connectivity index (χ0n) is 13.1. The molecule has 1 aromatic carbocycles. The summed E-state index contributed by atoms with van der Waals surface area (Å²) in [6.07, 6.45) is 0.655. The van der Waals surface area contributed by atoms with E-state index in [0.717, 1.165) is 16.7 Å². The van der Waals surface area contributed by atoms with E-state index in [4.69, 9.17) is 0 Å². The maximum absolute atomic E-state index is 12.8. The Morgan fingerprint density at radius 3 is 2.10 bits per heavy atom. The molecule has 1 aromatic heterocycles. The molecule has 0 saturated carbocycles. The van der Waals surface area contributed by atoms with E-state index in [1.807, 2.05) is 46.8 Å². The molecule has 0 aliphatic carbocycles. The number of hydrogen-bond acceptors (Lipinski definition) is 4. The summed E-state index contributed by atoms with van der Waals surface area (Å²) < 4.78 is 27.3. The van der Waals surface area contributed by atoms with Gasteiger partial charge < -0.3 is 0 Å². The molecule has 0 aliphatic heterocycles. The zero-order chi connectivity index (χ0) is 15.8. The van der Waals surface area contributed by atoms with Crippen molar-refractivity contribution >= 4 is 9.84 Å². The average molecular weight is 307 g/mol. The molecular formula is C15H21N3O2S. The SMILES string of the molecule is CCc1nc(S(=O)(=O)c2c(C)cc(C)cc2C)nn1CC. The number of benzene rings is 1. The number of aromatic nitrogens is 3. The molecule has 6 heteroatoms. The van der Waals surface area contributed by atoms with E-state index in [9.17, 15) is 8.42 Å². The Hall–Kier alpha value is -1.69. The van der Waals surface area contributed by atoms with Crippen LogP contribution in [0.2, 0.25) is 0 Å². The van der Waals surface area contributed by atoms with Gasteiger partial charge in [-0.15, -0.1) is 5.10 Å². The molecule has 1 heterocycles. The Kier molecular flexibility index (Phi) is 4.18. The monoisotopic (exact) mass is 307 g/mol. The fourth-order valence-electron chi connectivity index (χ4n) is 2.66. The molecule has 0 radical (unpaired) electrons. The van der Waals surface area contributed by atoms with Crippen molar-refractivity contribution < 1.29 is 8.42 Å². The summed E-state index contributed by atoms with van der Waals surface area (Å²) in [4.78, 5) is 4.54. The maximum Gasteiger partial charge on any atom is 0.271 e. The predicted molar refractivity (Wildman–Crippen MR) is 81.2 cm³/mol. The van der Waals surface area contributed by atoms with Crippen LogP contribution in [0.3, 0.4) is 0 Å². The van der Waals surface area contributed by atoms with Crippen LogP contribution in [0.4, 0.5) is 0 Å². The lowest BCUT2D eigenvalue weighted by Gasteiger charge is -2.09. The standard InChI is InChI=1S/C15H21N3O2S/c1-6-13-16-15(17-18(13)7-2)21(19,20)14-11(4)8-10(3)9-12(14)5/h8-9H,6-7H2,1-5H3. The summed E-state index contributed by atoms with van der Waals surface area (Å²) in [5, 5.41) is 4.07. The maximum atomic E-state index is 12.8. The van der Waals surface area contributed by atoms with E-state index in [1.54, 1.807) is 4.68 Å². The van der Waals surface area contributed by atoms with E-state index in [2.05, 4.69) is 10.1 Å². The Labute approximate surface area is 125 Å². The molecule has 0 spiro atoms. The van der Waals surface area contributed by atoms with Crippen LogP contribution in [0.15, 0.2) is 22.2 Å². The quantitative estimate of drug-likeness (QED) is 0.871. The van der Waals surface area contributed by atoms with Crippen LogP contribution < -0.4 is 0 Å². The zero-order valence-corrected chi connectivity index (χ0v) is 14.0. The minimum Gasteiger partial charge on any atom is -0.249 e.